The molecule has 3 aromatic carbocycles. The van der Waals surface area contributed by atoms with Crippen molar-refractivity contribution in [3.8, 4) is 5.75 Å². The molecule has 0 bridgehead atoms. The van der Waals surface area contributed by atoms with E-state index >= 15 is 0 Å². The molecule has 0 fully saturated rings. The Morgan fingerprint density at radius 2 is 1.68 bits per heavy atom. The van der Waals surface area contributed by atoms with Crippen molar-refractivity contribution in [2.75, 3.05) is 24.3 Å². The normalized spacial score (nSPS) is 18.7. The number of ether oxygens (including phenoxy) is 1. The number of benzene rings is 3. The highest BCUT2D eigenvalue weighted by molar-refractivity contribution is 7.90. The molecule has 0 saturated heterocycles. The molecule has 0 saturated carbocycles. The number of rotatable bonds is 6. The molecule has 0 amide bonds. The van der Waals surface area contributed by atoms with Crippen LogP contribution in [0, 0.1) is 0 Å². The molecule has 0 aliphatic carbocycles. The summed E-state index contributed by atoms with van der Waals surface area (Å²) in [5.41, 5.74) is -0.00991. The topological polar surface area (TPSA) is 79.2 Å². The fourth-order valence-corrected chi connectivity index (χ4v) is 4.08. The molecule has 6 nitrogen and oxygen atoms in total. The second-order valence-corrected chi connectivity index (χ2v) is 9.83. The van der Waals surface area contributed by atoms with Gasteiger partial charge in [0.25, 0.3) is 0 Å². The van der Waals surface area contributed by atoms with E-state index in [0.717, 1.165) is 11.8 Å². The third kappa shape index (κ3) is 4.90. The Kier molecular flexibility index (Phi) is 5.75. The highest BCUT2D eigenvalue weighted by Gasteiger charge is 2.39. The van der Waals surface area contributed by atoms with E-state index in [9.17, 15) is 13.5 Å². The summed E-state index contributed by atoms with van der Waals surface area (Å²) in [6.45, 7) is 0.113. The number of aliphatic imine (C=N–C) groups is 1. The summed E-state index contributed by atoms with van der Waals surface area (Å²) in [4.78, 5) is 6.64. The van der Waals surface area contributed by atoms with E-state index < -0.39 is 15.6 Å². The molecule has 0 aromatic heterocycles. The number of β-amino-alcohol motifs (C(OH)–C–C–N with tert-alkyl or cyclic N) is 1. The summed E-state index contributed by atoms with van der Waals surface area (Å²) < 4.78 is 29.4. The summed E-state index contributed by atoms with van der Waals surface area (Å²) in [6.07, 6.45) is 1.16. The van der Waals surface area contributed by atoms with Crippen LogP contribution in [0.25, 0.3) is 0 Å². The summed E-state index contributed by atoms with van der Waals surface area (Å²) >= 11 is 6.03. The summed E-state index contributed by atoms with van der Waals surface area (Å²) in [5.74, 6) is 1.18. The van der Waals surface area contributed by atoms with Crippen molar-refractivity contribution in [1.82, 2.24) is 0 Å². The number of sulfone groups is 1. The predicted molar refractivity (Wildman–Crippen MR) is 122 cm³/mol. The third-order valence-corrected chi connectivity index (χ3v) is 6.25. The van der Waals surface area contributed by atoms with Gasteiger partial charge in [-0.2, -0.15) is 0 Å². The van der Waals surface area contributed by atoms with E-state index in [-0.39, 0.29) is 18.0 Å². The molecule has 1 atom stereocenters. The molecule has 1 N–H and O–H groups in total. The van der Waals surface area contributed by atoms with Gasteiger partial charge in [0.15, 0.2) is 9.84 Å². The van der Waals surface area contributed by atoms with Crippen LogP contribution < -0.4 is 9.64 Å². The number of halogens is 1. The maximum absolute atomic E-state index is 11.8. The molecule has 31 heavy (non-hydrogen) atoms. The molecule has 1 aliphatic rings. The fourth-order valence-electron chi connectivity index (χ4n) is 3.32. The zero-order valence-corrected chi connectivity index (χ0v) is 18.3. The highest BCUT2D eigenvalue weighted by Crippen LogP contribution is 2.30. The molecule has 0 radical (unpaired) electrons. The number of aliphatic hydroxyl groups is 1. The van der Waals surface area contributed by atoms with Gasteiger partial charge in [-0.15, -0.1) is 0 Å². The molecule has 0 spiro atoms. The van der Waals surface area contributed by atoms with Crippen molar-refractivity contribution in [2.45, 2.75) is 10.6 Å². The first-order valence-corrected chi connectivity index (χ1v) is 11.8. The monoisotopic (exact) mass is 456 g/mol. The van der Waals surface area contributed by atoms with E-state index in [2.05, 4.69) is 4.99 Å². The minimum atomic E-state index is -3.31. The molecular formula is C23H21ClN2O4S. The lowest BCUT2D eigenvalue weighted by atomic mass is 10.1. The Balaban J connectivity index is 1.66. The Bertz CT molecular complexity index is 1200. The van der Waals surface area contributed by atoms with Crippen LogP contribution in [0.1, 0.15) is 5.56 Å². The first-order chi connectivity index (χ1) is 14.7. The van der Waals surface area contributed by atoms with Crippen molar-refractivity contribution in [1.29, 1.82) is 0 Å². The van der Waals surface area contributed by atoms with E-state index in [1.165, 1.54) is 0 Å². The molecule has 8 heteroatoms. The van der Waals surface area contributed by atoms with Crippen molar-refractivity contribution >= 4 is 33.0 Å². The van der Waals surface area contributed by atoms with Gasteiger partial charge < -0.3 is 14.7 Å². The van der Waals surface area contributed by atoms with Gasteiger partial charge in [-0.05, 0) is 60.7 Å². The van der Waals surface area contributed by atoms with E-state index in [0.29, 0.717) is 22.3 Å². The van der Waals surface area contributed by atoms with Crippen LogP contribution in [0.3, 0.4) is 0 Å². The quantitative estimate of drug-likeness (QED) is 0.610. The van der Waals surface area contributed by atoms with Crippen LogP contribution in [0.15, 0.2) is 88.8 Å². The standard InChI is InChI=1S/C23H21ClN2O4S/c1-31(28,29)21-13-11-19(12-14-21)26-15-23(27,16-30-20-5-3-2-4-6-20)25-22(26)17-7-9-18(24)10-8-17/h2-14,27H,15-16H2,1H3. The largest absolute Gasteiger partial charge is 0.488 e. The van der Waals surface area contributed by atoms with E-state index in [4.69, 9.17) is 16.3 Å². The van der Waals surface area contributed by atoms with Gasteiger partial charge in [0.1, 0.15) is 18.2 Å². The van der Waals surface area contributed by atoms with Gasteiger partial charge >= 0.3 is 0 Å². The lowest BCUT2D eigenvalue weighted by molar-refractivity contribution is 0.0178. The molecule has 1 unspecified atom stereocenters. The number of para-hydroxylation sites is 1. The maximum Gasteiger partial charge on any atom is 0.210 e. The van der Waals surface area contributed by atoms with Crippen molar-refractivity contribution < 1.29 is 18.3 Å². The highest BCUT2D eigenvalue weighted by atomic mass is 35.5. The van der Waals surface area contributed by atoms with Gasteiger partial charge in [0, 0.05) is 22.5 Å². The number of amidine groups is 1. The molecule has 1 aliphatic heterocycles. The Labute approximate surface area is 186 Å². The lowest BCUT2D eigenvalue weighted by Gasteiger charge is -2.24. The smallest absolute Gasteiger partial charge is 0.210 e. The van der Waals surface area contributed by atoms with Crippen LogP contribution in [-0.2, 0) is 9.84 Å². The maximum atomic E-state index is 11.8. The molecular weight excluding hydrogens is 436 g/mol. The van der Waals surface area contributed by atoms with E-state index in [1.807, 2.05) is 47.4 Å². The Morgan fingerprint density at radius 1 is 1.03 bits per heavy atom. The molecule has 160 valence electrons. The average molecular weight is 457 g/mol. The van der Waals surface area contributed by atoms with Crippen molar-refractivity contribution in [3.05, 3.63) is 89.4 Å². The lowest BCUT2D eigenvalue weighted by Crippen LogP contribution is -2.40. The van der Waals surface area contributed by atoms with Crippen molar-refractivity contribution in [2.24, 2.45) is 4.99 Å². The third-order valence-electron chi connectivity index (χ3n) is 4.87. The first kappa shape index (κ1) is 21.4. The van der Waals surface area contributed by atoms with Gasteiger partial charge in [0.2, 0.25) is 5.72 Å². The number of nitrogens with zero attached hydrogens (tertiary/aromatic N) is 2. The molecule has 1 heterocycles. The van der Waals surface area contributed by atoms with Gasteiger partial charge in [-0.25, -0.2) is 13.4 Å². The molecule has 3 aromatic rings. The zero-order valence-electron chi connectivity index (χ0n) is 16.8. The Hall–Kier alpha value is -2.87. The van der Waals surface area contributed by atoms with Gasteiger partial charge in [-0.3, -0.25) is 0 Å². The second-order valence-electron chi connectivity index (χ2n) is 7.38. The van der Waals surface area contributed by atoms with Gasteiger partial charge in [0.05, 0.1) is 11.4 Å². The minimum absolute atomic E-state index is 0.0357. The predicted octanol–water partition coefficient (Wildman–Crippen LogP) is 3.78. The van der Waals surface area contributed by atoms with Gasteiger partial charge in [-0.1, -0.05) is 29.8 Å². The summed E-state index contributed by atoms with van der Waals surface area (Å²) in [5, 5.41) is 11.8. The first-order valence-electron chi connectivity index (χ1n) is 9.57. The van der Waals surface area contributed by atoms with Crippen LogP contribution in [0.4, 0.5) is 5.69 Å². The number of hydrogen-bond donors (Lipinski definition) is 1. The SMILES string of the molecule is CS(=O)(=O)c1ccc(N2CC(O)(COc3ccccc3)N=C2c2ccc(Cl)cc2)cc1. The number of hydrogen-bond acceptors (Lipinski definition) is 6. The minimum Gasteiger partial charge on any atom is -0.488 e. The van der Waals surface area contributed by atoms with E-state index in [1.54, 1.807) is 36.4 Å². The summed E-state index contributed by atoms with van der Waals surface area (Å²) in [6, 6.07) is 22.8. The second kappa shape index (κ2) is 8.34. The van der Waals surface area contributed by atoms with Crippen LogP contribution in [0.5, 0.6) is 5.75 Å². The van der Waals surface area contributed by atoms with Crippen LogP contribution in [0.2, 0.25) is 5.02 Å². The average Bonchev–Trinajstić information content (AvgIpc) is 3.11. The van der Waals surface area contributed by atoms with Crippen LogP contribution in [-0.4, -0.2) is 44.5 Å². The number of anilines is 1. The zero-order chi connectivity index (χ0) is 22.1. The molecule has 4 rings (SSSR count). The summed E-state index contributed by atoms with van der Waals surface area (Å²) in [7, 11) is -3.31. The Morgan fingerprint density at radius 3 is 2.29 bits per heavy atom. The fraction of sp³-hybridized carbons (Fsp3) is 0.174. The van der Waals surface area contributed by atoms with Crippen molar-refractivity contribution in [3.63, 3.8) is 0 Å². The van der Waals surface area contributed by atoms with Crippen LogP contribution >= 0.6 is 11.6 Å².